The van der Waals surface area contributed by atoms with Gasteiger partial charge in [-0.05, 0) is 33.8 Å². The van der Waals surface area contributed by atoms with Crippen LogP contribution in [0.4, 0.5) is 18.9 Å². The van der Waals surface area contributed by atoms with Gasteiger partial charge in [0.05, 0.1) is 11.5 Å². The molecule has 0 amide bonds. The Kier molecular flexibility index (Phi) is 7.02. The topological polar surface area (TPSA) is 105 Å². The Balaban J connectivity index is 3.48. The molecule has 1 rings (SSSR count). The van der Waals surface area contributed by atoms with Crippen LogP contribution in [0.15, 0.2) is 18.2 Å². The quantitative estimate of drug-likeness (QED) is 0.329. The summed E-state index contributed by atoms with van der Waals surface area (Å²) in [5, 5.41) is 10.9. The van der Waals surface area contributed by atoms with Gasteiger partial charge in [0.2, 0.25) is 0 Å². The first kappa shape index (κ1) is 22.2. The van der Waals surface area contributed by atoms with Gasteiger partial charge in [-0.1, -0.05) is 0 Å². The minimum Gasteiger partial charge on any atom is -0.598 e. The molecule has 0 bridgehead atoms. The smallest absolute Gasteiger partial charge is 0.379 e. The Bertz CT molecular complexity index is 682. The minimum absolute atomic E-state index is 0.360. The summed E-state index contributed by atoms with van der Waals surface area (Å²) in [6.07, 6.45) is 0. The van der Waals surface area contributed by atoms with E-state index in [1.165, 1.54) is 27.7 Å². The van der Waals surface area contributed by atoms with Crippen LogP contribution in [0.5, 0.6) is 0 Å². The van der Waals surface area contributed by atoms with E-state index in [9.17, 15) is 32.6 Å². The van der Waals surface area contributed by atoms with E-state index in [-0.39, 0.29) is 6.61 Å². The van der Waals surface area contributed by atoms with E-state index in [0.29, 0.717) is 12.1 Å². The number of esters is 1. The zero-order valence-corrected chi connectivity index (χ0v) is 15.4. The van der Waals surface area contributed by atoms with Crippen molar-refractivity contribution < 1.29 is 32.2 Å². The molecule has 146 valence electrons. The Hall–Kier alpha value is -1.85. The van der Waals surface area contributed by atoms with Crippen LogP contribution >= 0.6 is 0 Å². The lowest BCUT2D eigenvalue weighted by Gasteiger charge is -2.31. The van der Waals surface area contributed by atoms with E-state index < -0.39 is 56.0 Å². The van der Waals surface area contributed by atoms with Crippen molar-refractivity contribution in [2.45, 2.75) is 44.4 Å². The van der Waals surface area contributed by atoms with E-state index in [1.54, 1.807) is 0 Å². The summed E-state index contributed by atoms with van der Waals surface area (Å²) in [7, 11) is 0. The van der Waals surface area contributed by atoms with Gasteiger partial charge < -0.3 is 9.29 Å². The Morgan fingerprint density at radius 2 is 1.96 bits per heavy atom. The highest BCUT2D eigenvalue weighted by molar-refractivity contribution is 7.90. The van der Waals surface area contributed by atoms with Crippen molar-refractivity contribution in [3.63, 3.8) is 0 Å². The molecule has 0 saturated carbocycles. The molecule has 0 radical (unpaired) electrons. The largest absolute Gasteiger partial charge is 0.598 e. The molecule has 26 heavy (non-hydrogen) atoms. The normalized spacial score (nSPS) is 14.6. The number of benzene rings is 1. The van der Waals surface area contributed by atoms with Crippen LogP contribution in [0.2, 0.25) is 0 Å². The zero-order valence-electron chi connectivity index (χ0n) is 14.5. The fourth-order valence-electron chi connectivity index (χ4n) is 1.83. The maximum Gasteiger partial charge on any atom is 0.379 e. The summed E-state index contributed by atoms with van der Waals surface area (Å²) in [5.74, 6) is -7.51. The van der Waals surface area contributed by atoms with Crippen molar-refractivity contribution in [3.05, 3.63) is 39.7 Å². The summed E-state index contributed by atoms with van der Waals surface area (Å²) in [6, 6.07) is -0.441. The van der Waals surface area contributed by atoms with Crippen LogP contribution in [0.25, 0.3) is 0 Å². The molecule has 1 N–H and O–H groups in total. The van der Waals surface area contributed by atoms with Gasteiger partial charge in [0.25, 0.3) is 5.69 Å². The standard InChI is InChI=1S/C15H19F3N2O5S/c1-5-25-13(21)15(17,18)12(19-26(24)14(2,3)4)10-8-9(20(22)23)6-7-11(10)16/h6-8,12,19H,5H2,1-4H3. The van der Waals surface area contributed by atoms with E-state index in [2.05, 4.69) is 4.74 Å². The fraction of sp³-hybridized carbons (Fsp3) is 0.533. The lowest BCUT2D eigenvalue weighted by molar-refractivity contribution is -0.385. The van der Waals surface area contributed by atoms with Gasteiger partial charge >= 0.3 is 11.9 Å². The number of nitro groups is 1. The summed E-state index contributed by atoms with van der Waals surface area (Å²) in [4.78, 5) is 21.7. The van der Waals surface area contributed by atoms with E-state index in [1.807, 2.05) is 4.72 Å². The number of alkyl halides is 2. The Morgan fingerprint density at radius 1 is 1.38 bits per heavy atom. The highest BCUT2D eigenvalue weighted by Gasteiger charge is 2.53. The Labute approximate surface area is 151 Å². The lowest BCUT2D eigenvalue weighted by Crippen LogP contribution is -2.50. The Morgan fingerprint density at radius 3 is 2.42 bits per heavy atom. The number of halogens is 3. The molecule has 11 heteroatoms. The zero-order chi connectivity index (χ0) is 20.3. The van der Waals surface area contributed by atoms with Crippen molar-refractivity contribution in [2.75, 3.05) is 6.61 Å². The average Bonchev–Trinajstić information content (AvgIpc) is 2.52. The maximum atomic E-state index is 14.6. The molecule has 0 aliphatic carbocycles. The highest BCUT2D eigenvalue weighted by atomic mass is 32.2. The van der Waals surface area contributed by atoms with E-state index in [0.717, 1.165) is 6.07 Å². The van der Waals surface area contributed by atoms with Crippen LogP contribution in [-0.4, -0.2) is 32.7 Å². The number of non-ortho nitro benzene ring substituents is 1. The molecule has 1 aromatic carbocycles. The van der Waals surface area contributed by atoms with Crippen LogP contribution in [-0.2, 0) is 20.9 Å². The molecule has 0 aliphatic rings. The first-order valence-corrected chi connectivity index (χ1v) is 8.64. The van der Waals surface area contributed by atoms with Crippen LogP contribution < -0.4 is 4.72 Å². The number of rotatable bonds is 7. The van der Waals surface area contributed by atoms with Gasteiger partial charge in [-0.15, -0.1) is 4.72 Å². The molecular weight excluding hydrogens is 377 g/mol. The molecule has 7 nitrogen and oxygen atoms in total. The molecular formula is C15H19F3N2O5S. The molecule has 0 saturated heterocycles. The number of hydrogen-bond donors (Lipinski definition) is 1. The second-order valence-electron chi connectivity index (χ2n) is 6.24. The van der Waals surface area contributed by atoms with Crippen molar-refractivity contribution in [2.24, 2.45) is 0 Å². The fourth-order valence-corrected chi connectivity index (χ4v) is 2.67. The van der Waals surface area contributed by atoms with Crippen LogP contribution in [0.1, 0.15) is 39.3 Å². The highest BCUT2D eigenvalue weighted by Crippen LogP contribution is 2.37. The minimum atomic E-state index is -4.33. The maximum absolute atomic E-state index is 14.6. The monoisotopic (exact) mass is 396 g/mol. The molecule has 1 aromatic rings. The first-order chi connectivity index (χ1) is 11.8. The first-order valence-electron chi connectivity index (χ1n) is 7.49. The molecule has 0 spiro atoms. The van der Waals surface area contributed by atoms with Crippen molar-refractivity contribution in [1.82, 2.24) is 4.72 Å². The number of nitrogens with one attached hydrogen (secondary N) is 1. The molecule has 0 aromatic heterocycles. The van der Waals surface area contributed by atoms with Gasteiger partial charge in [0.15, 0.2) is 6.04 Å². The SMILES string of the molecule is CCOC(=O)C(F)(F)C(N[S+]([O-])C(C)(C)C)c1cc([N+](=O)[O-])ccc1F. The van der Waals surface area contributed by atoms with Gasteiger partial charge in [-0.2, -0.15) is 8.78 Å². The molecule has 0 fully saturated rings. The predicted molar refractivity (Wildman–Crippen MR) is 88.4 cm³/mol. The van der Waals surface area contributed by atoms with Crippen LogP contribution in [0, 0.1) is 15.9 Å². The third-order valence-corrected chi connectivity index (χ3v) is 4.75. The number of nitro benzene ring substituents is 1. The second-order valence-corrected chi connectivity index (χ2v) is 8.24. The average molecular weight is 396 g/mol. The second kappa shape index (κ2) is 8.23. The summed E-state index contributed by atoms with van der Waals surface area (Å²) < 4.78 is 60.9. The van der Waals surface area contributed by atoms with E-state index >= 15 is 0 Å². The van der Waals surface area contributed by atoms with Gasteiger partial charge in [-0.3, -0.25) is 10.1 Å². The van der Waals surface area contributed by atoms with Gasteiger partial charge in [-0.25, -0.2) is 9.18 Å². The predicted octanol–water partition coefficient (Wildman–Crippen LogP) is 3.03. The van der Waals surface area contributed by atoms with Gasteiger partial charge in [0.1, 0.15) is 10.6 Å². The number of hydrogen-bond acceptors (Lipinski definition) is 6. The number of carbonyl (C=O) groups excluding carboxylic acids is 1. The van der Waals surface area contributed by atoms with Crippen molar-refractivity contribution >= 4 is 23.0 Å². The third kappa shape index (κ3) is 5.08. The lowest BCUT2D eigenvalue weighted by atomic mass is 10.00. The number of nitrogens with zero attached hydrogens (tertiary/aromatic N) is 1. The molecule has 2 atom stereocenters. The number of carbonyl (C=O) groups is 1. The summed E-state index contributed by atoms with van der Waals surface area (Å²) in [6.45, 7) is 5.36. The number of ether oxygens (including phenoxy) is 1. The van der Waals surface area contributed by atoms with E-state index in [4.69, 9.17) is 0 Å². The van der Waals surface area contributed by atoms with Crippen molar-refractivity contribution in [3.8, 4) is 0 Å². The van der Waals surface area contributed by atoms with Crippen LogP contribution in [0.3, 0.4) is 0 Å². The molecule has 2 unspecified atom stereocenters. The third-order valence-electron chi connectivity index (χ3n) is 3.19. The van der Waals surface area contributed by atoms with Crippen molar-refractivity contribution in [1.29, 1.82) is 0 Å². The summed E-state index contributed by atoms with van der Waals surface area (Å²) >= 11 is -2.13. The molecule has 0 aliphatic heterocycles. The summed E-state index contributed by atoms with van der Waals surface area (Å²) in [5.41, 5.74) is -1.52. The van der Waals surface area contributed by atoms with Gasteiger partial charge in [0, 0.05) is 29.1 Å². The molecule has 0 heterocycles.